The summed E-state index contributed by atoms with van der Waals surface area (Å²) in [5, 5.41) is 3.11. The maximum Gasteiger partial charge on any atom is 0.133 e. The van der Waals surface area contributed by atoms with E-state index in [1.165, 1.54) is 11.1 Å². The van der Waals surface area contributed by atoms with Crippen LogP contribution >= 0.6 is 15.9 Å². The minimum atomic E-state index is 0.848. The van der Waals surface area contributed by atoms with Crippen LogP contribution in [-0.4, -0.2) is 14.2 Å². The zero-order valence-corrected chi connectivity index (χ0v) is 11.4. The Kier molecular flexibility index (Phi) is 3.69. The fourth-order valence-electron chi connectivity index (χ4n) is 1.68. The molecule has 2 rings (SSSR count). The first-order valence-electron chi connectivity index (χ1n) is 5.36. The number of rotatable bonds is 3. The van der Waals surface area contributed by atoms with E-state index >= 15 is 0 Å². The molecule has 0 unspecified atom stereocenters. The van der Waals surface area contributed by atoms with E-state index in [-0.39, 0.29) is 0 Å². The number of ether oxygens (including phenoxy) is 1. The molecule has 0 heterocycles. The predicted molar refractivity (Wildman–Crippen MR) is 75.7 cm³/mol. The molecule has 0 amide bonds. The second-order valence-corrected chi connectivity index (χ2v) is 4.53. The van der Waals surface area contributed by atoms with Crippen LogP contribution < -0.4 is 10.1 Å². The Morgan fingerprint density at radius 3 is 2.18 bits per heavy atom. The van der Waals surface area contributed by atoms with Crippen molar-refractivity contribution < 1.29 is 4.74 Å². The first-order valence-corrected chi connectivity index (χ1v) is 6.15. The molecular formula is C14H14BrNO. The highest BCUT2D eigenvalue weighted by atomic mass is 79.9. The van der Waals surface area contributed by atoms with Gasteiger partial charge < -0.3 is 10.1 Å². The summed E-state index contributed by atoms with van der Waals surface area (Å²) in [5.41, 5.74) is 3.47. The molecule has 88 valence electrons. The van der Waals surface area contributed by atoms with Crippen molar-refractivity contribution in [3.05, 3.63) is 46.9 Å². The maximum atomic E-state index is 5.22. The molecule has 1 N–H and O–H groups in total. The number of anilines is 1. The van der Waals surface area contributed by atoms with Gasteiger partial charge in [-0.1, -0.05) is 18.2 Å². The Labute approximate surface area is 110 Å². The van der Waals surface area contributed by atoms with Gasteiger partial charge in [0.25, 0.3) is 0 Å². The van der Waals surface area contributed by atoms with Crippen LogP contribution in [0, 0.1) is 0 Å². The average molecular weight is 292 g/mol. The first-order chi connectivity index (χ1) is 8.24. The second-order valence-electron chi connectivity index (χ2n) is 3.68. The molecule has 0 saturated carbocycles. The topological polar surface area (TPSA) is 21.3 Å². The lowest BCUT2D eigenvalue weighted by molar-refractivity contribution is 0.412. The predicted octanol–water partition coefficient (Wildman–Crippen LogP) is 4.17. The zero-order valence-electron chi connectivity index (χ0n) is 9.83. The molecule has 0 saturated heterocycles. The van der Waals surface area contributed by atoms with Crippen molar-refractivity contribution in [2.24, 2.45) is 0 Å². The Hall–Kier alpha value is -1.48. The van der Waals surface area contributed by atoms with Gasteiger partial charge in [0.05, 0.1) is 11.6 Å². The normalized spacial score (nSPS) is 10.1. The lowest BCUT2D eigenvalue weighted by Crippen LogP contribution is -1.88. The van der Waals surface area contributed by atoms with Crippen molar-refractivity contribution in [1.29, 1.82) is 0 Å². The number of benzene rings is 2. The van der Waals surface area contributed by atoms with E-state index in [4.69, 9.17) is 4.74 Å². The summed E-state index contributed by atoms with van der Waals surface area (Å²) in [5.74, 6) is 0.848. The van der Waals surface area contributed by atoms with Crippen LogP contribution in [0.15, 0.2) is 46.9 Å². The van der Waals surface area contributed by atoms with Gasteiger partial charge in [-0.25, -0.2) is 0 Å². The van der Waals surface area contributed by atoms with E-state index in [2.05, 4.69) is 57.6 Å². The summed E-state index contributed by atoms with van der Waals surface area (Å²) >= 11 is 3.50. The maximum absolute atomic E-state index is 5.22. The van der Waals surface area contributed by atoms with Crippen molar-refractivity contribution in [3.63, 3.8) is 0 Å². The van der Waals surface area contributed by atoms with E-state index in [1.807, 2.05) is 13.1 Å². The molecule has 0 atom stereocenters. The third-order valence-corrected chi connectivity index (χ3v) is 3.28. The van der Waals surface area contributed by atoms with Crippen LogP contribution in [0.3, 0.4) is 0 Å². The van der Waals surface area contributed by atoms with E-state index < -0.39 is 0 Å². The fraction of sp³-hybridized carbons (Fsp3) is 0.143. The standard InChI is InChI=1S/C14H14BrNO/c1-16-12-6-3-10(4-7-12)11-5-8-14(17-2)13(15)9-11/h3-9,16H,1-2H3. The summed E-state index contributed by atoms with van der Waals surface area (Å²) in [4.78, 5) is 0. The molecule has 3 heteroatoms. The molecule has 0 aliphatic rings. The van der Waals surface area contributed by atoms with Gasteiger partial charge in [-0.05, 0) is 51.3 Å². The third-order valence-electron chi connectivity index (χ3n) is 2.66. The highest BCUT2D eigenvalue weighted by Gasteiger charge is 2.03. The number of methoxy groups -OCH3 is 1. The monoisotopic (exact) mass is 291 g/mol. The van der Waals surface area contributed by atoms with Crippen molar-refractivity contribution in [2.45, 2.75) is 0 Å². The molecule has 2 aromatic carbocycles. The lowest BCUT2D eigenvalue weighted by atomic mass is 10.1. The Balaban J connectivity index is 2.35. The SMILES string of the molecule is CNc1ccc(-c2ccc(OC)c(Br)c2)cc1. The summed E-state index contributed by atoms with van der Waals surface area (Å²) in [6.45, 7) is 0. The number of halogens is 1. The molecule has 0 fully saturated rings. The number of hydrogen-bond donors (Lipinski definition) is 1. The molecule has 0 bridgehead atoms. The number of hydrogen-bond acceptors (Lipinski definition) is 2. The molecule has 0 aliphatic heterocycles. The van der Waals surface area contributed by atoms with Crippen LogP contribution in [-0.2, 0) is 0 Å². The van der Waals surface area contributed by atoms with Crippen LogP contribution in [0.2, 0.25) is 0 Å². The van der Waals surface area contributed by atoms with Crippen molar-refractivity contribution >= 4 is 21.6 Å². The van der Waals surface area contributed by atoms with E-state index in [0.717, 1.165) is 15.9 Å². The molecule has 0 radical (unpaired) electrons. The average Bonchev–Trinajstić information content (AvgIpc) is 2.39. The van der Waals surface area contributed by atoms with Crippen LogP contribution in [0.5, 0.6) is 5.75 Å². The van der Waals surface area contributed by atoms with Crippen LogP contribution in [0.1, 0.15) is 0 Å². The quantitative estimate of drug-likeness (QED) is 0.917. The van der Waals surface area contributed by atoms with E-state index in [1.54, 1.807) is 7.11 Å². The van der Waals surface area contributed by atoms with Crippen molar-refractivity contribution in [2.75, 3.05) is 19.5 Å². The lowest BCUT2D eigenvalue weighted by Gasteiger charge is -2.07. The fourth-order valence-corrected chi connectivity index (χ4v) is 2.22. The van der Waals surface area contributed by atoms with Crippen LogP contribution in [0.4, 0.5) is 5.69 Å². The molecule has 2 aromatic rings. The van der Waals surface area contributed by atoms with Gasteiger partial charge in [0.15, 0.2) is 0 Å². The summed E-state index contributed by atoms with van der Waals surface area (Å²) in [6.07, 6.45) is 0. The van der Waals surface area contributed by atoms with Crippen LogP contribution in [0.25, 0.3) is 11.1 Å². The van der Waals surface area contributed by atoms with Crippen molar-refractivity contribution in [1.82, 2.24) is 0 Å². The minimum Gasteiger partial charge on any atom is -0.496 e. The largest absolute Gasteiger partial charge is 0.496 e. The van der Waals surface area contributed by atoms with E-state index in [9.17, 15) is 0 Å². The van der Waals surface area contributed by atoms with Gasteiger partial charge in [-0.3, -0.25) is 0 Å². The zero-order chi connectivity index (χ0) is 12.3. The van der Waals surface area contributed by atoms with Gasteiger partial charge in [0.2, 0.25) is 0 Å². The highest BCUT2D eigenvalue weighted by molar-refractivity contribution is 9.10. The van der Waals surface area contributed by atoms with Crippen molar-refractivity contribution in [3.8, 4) is 16.9 Å². The Morgan fingerprint density at radius 1 is 1.00 bits per heavy atom. The Morgan fingerprint density at radius 2 is 1.65 bits per heavy atom. The summed E-state index contributed by atoms with van der Waals surface area (Å²) in [7, 11) is 3.58. The number of nitrogens with one attached hydrogen (secondary N) is 1. The molecule has 17 heavy (non-hydrogen) atoms. The molecule has 0 aromatic heterocycles. The first kappa shape index (κ1) is 12.0. The highest BCUT2D eigenvalue weighted by Crippen LogP contribution is 2.30. The molecule has 0 spiro atoms. The smallest absolute Gasteiger partial charge is 0.133 e. The van der Waals surface area contributed by atoms with Gasteiger partial charge in [0.1, 0.15) is 5.75 Å². The summed E-state index contributed by atoms with van der Waals surface area (Å²) in [6, 6.07) is 14.4. The van der Waals surface area contributed by atoms with Gasteiger partial charge >= 0.3 is 0 Å². The van der Waals surface area contributed by atoms with Gasteiger partial charge in [-0.2, -0.15) is 0 Å². The third kappa shape index (κ3) is 2.61. The minimum absolute atomic E-state index is 0.848. The van der Waals surface area contributed by atoms with Gasteiger partial charge in [0, 0.05) is 12.7 Å². The van der Waals surface area contributed by atoms with Gasteiger partial charge in [-0.15, -0.1) is 0 Å². The Bertz CT molecular complexity index is 508. The molecule has 2 nitrogen and oxygen atoms in total. The second kappa shape index (κ2) is 5.23. The molecular weight excluding hydrogens is 278 g/mol. The van der Waals surface area contributed by atoms with E-state index in [0.29, 0.717) is 0 Å². The summed E-state index contributed by atoms with van der Waals surface area (Å²) < 4.78 is 6.18. The molecule has 0 aliphatic carbocycles.